The van der Waals surface area contributed by atoms with E-state index in [1.807, 2.05) is 50.2 Å². The Hall–Kier alpha value is -2.01. The Labute approximate surface area is 151 Å². The maximum Gasteiger partial charge on any atom is 0.258 e. The third-order valence-electron chi connectivity index (χ3n) is 3.67. The molecule has 0 saturated carbocycles. The summed E-state index contributed by atoms with van der Waals surface area (Å²) < 4.78 is 12.1. The van der Waals surface area contributed by atoms with Gasteiger partial charge in [0.25, 0.3) is 5.91 Å². The average Bonchev–Trinajstić information content (AvgIpc) is 2.56. The number of halogens is 1. The Morgan fingerprint density at radius 2 is 1.62 bits per heavy atom. The van der Waals surface area contributed by atoms with Crippen LogP contribution in [0.25, 0.3) is 0 Å². The molecule has 0 heterocycles. The van der Waals surface area contributed by atoms with E-state index in [1.165, 1.54) is 11.1 Å². The van der Waals surface area contributed by atoms with E-state index in [2.05, 4.69) is 28.2 Å². The van der Waals surface area contributed by atoms with Crippen LogP contribution in [-0.2, 0) is 4.79 Å². The molecule has 5 heteroatoms. The number of carbonyl (C=O) groups excluding carboxylic acids is 1. The Morgan fingerprint density at radius 1 is 0.958 bits per heavy atom. The molecule has 0 aliphatic rings. The second-order valence-electron chi connectivity index (χ2n) is 5.64. The zero-order chi connectivity index (χ0) is 17.5. The fourth-order valence-electron chi connectivity index (χ4n) is 2.07. The number of nitrogens with one attached hydrogen (secondary N) is 1. The van der Waals surface area contributed by atoms with Crippen molar-refractivity contribution in [3.8, 4) is 11.5 Å². The number of rotatable bonds is 7. The SMILES string of the molecule is Cc1ccc(OCCNC(=O)COc2ccc(Br)c(C)c2)cc1C. The average molecular weight is 392 g/mol. The van der Waals surface area contributed by atoms with Gasteiger partial charge in [-0.25, -0.2) is 0 Å². The van der Waals surface area contributed by atoms with Crippen molar-refractivity contribution in [1.82, 2.24) is 5.32 Å². The first-order valence-electron chi connectivity index (χ1n) is 7.81. The van der Waals surface area contributed by atoms with Crippen molar-refractivity contribution >= 4 is 21.8 Å². The summed E-state index contributed by atoms with van der Waals surface area (Å²) in [4.78, 5) is 11.8. The van der Waals surface area contributed by atoms with Gasteiger partial charge in [0.05, 0.1) is 6.54 Å². The molecule has 0 unspecified atom stereocenters. The Balaban J connectivity index is 1.67. The minimum atomic E-state index is -0.167. The molecule has 0 fully saturated rings. The summed E-state index contributed by atoms with van der Waals surface area (Å²) in [5, 5.41) is 2.78. The van der Waals surface area contributed by atoms with Gasteiger partial charge in [0.1, 0.15) is 18.1 Å². The van der Waals surface area contributed by atoms with E-state index >= 15 is 0 Å². The predicted octanol–water partition coefficient (Wildman–Crippen LogP) is 3.95. The van der Waals surface area contributed by atoms with Gasteiger partial charge in [0, 0.05) is 4.47 Å². The van der Waals surface area contributed by atoms with Crippen molar-refractivity contribution in [2.24, 2.45) is 0 Å². The molecule has 0 atom stereocenters. The highest BCUT2D eigenvalue weighted by molar-refractivity contribution is 9.10. The van der Waals surface area contributed by atoms with Crippen molar-refractivity contribution in [1.29, 1.82) is 0 Å². The summed E-state index contributed by atoms with van der Waals surface area (Å²) >= 11 is 3.43. The highest BCUT2D eigenvalue weighted by Gasteiger charge is 2.04. The van der Waals surface area contributed by atoms with Crippen molar-refractivity contribution in [3.63, 3.8) is 0 Å². The van der Waals surface area contributed by atoms with Crippen LogP contribution >= 0.6 is 15.9 Å². The zero-order valence-corrected chi connectivity index (χ0v) is 15.8. The summed E-state index contributed by atoms with van der Waals surface area (Å²) in [6.07, 6.45) is 0. The second-order valence-corrected chi connectivity index (χ2v) is 6.50. The zero-order valence-electron chi connectivity index (χ0n) is 14.2. The van der Waals surface area contributed by atoms with Gasteiger partial charge in [-0.3, -0.25) is 4.79 Å². The molecule has 0 radical (unpaired) electrons. The van der Waals surface area contributed by atoms with Gasteiger partial charge in [-0.2, -0.15) is 0 Å². The number of carbonyl (C=O) groups is 1. The van der Waals surface area contributed by atoms with Gasteiger partial charge in [0.2, 0.25) is 0 Å². The minimum Gasteiger partial charge on any atom is -0.492 e. The molecule has 128 valence electrons. The highest BCUT2D eigenvalue weighted by Crippen LogP contribution is 2.21. The van der Waals surface area contributed by atoms with Crippen LogP contribution in [0.1, 0.15) is 16.7 Å². The van der Waals surface area contributed by atoms with Crippen molar-refractivity contribution in [2.45, 2.75) is 20.8 Å². The van der Waals surface area contributed by atoms with Crippen LogP contribution in [0.4, 0.5) is 0 Å². The predicted molar refractivity (Wildman–Crippen MR) is 98.8 cm³/mol. The molecule has 24 heavy (non-hydrogen) atoms. The number of hydrogen-bond acceptors (Lipinski definition) is 3. The van der Waals surface area contributed by atoms with Crippen LogP contribution in [0.2, 0.25) is 0 Å². The molecule has 0 aliphatic heterocycles. The van der Waals surface area contributed by atoms with Crippen LogP contribution in [-0.4, -0.2) is 25.7 Å². The molecule has 0 aliphatic carbocycles. The number of amides is 1. The summed E-state index contributed by atoms with van der Waals surface area (Å²) in [6.45, 7) is 6.93. The smallest absolute Gasteiger partial charge is 0.258 e. The van der Waals surface area contributed by atoms with Gasteiger partial charge in [-0.05, 0) is 67.8 Å². The van der Waals surface area contributed by atoms with Crippen LogP contribution < -0.4 is 14.8 Å². The summed E-state index contributed by atoms with van der Waals surface area (Å²) in [5.41, 5.74) is 3.49. The third-order valence-corrected chi connectivity index (χ3v) is 4.56. The lowest BCUT2D eigenvalue weighted by atomic mass is 10.1. The number of aryl methyl sites for hydroxylation is 3. The normalized spacial score (nSPS) is 10.3. The summed E-state index contributed by atoms with van der Waals surface area (Å²) in [6, 6.07) is 11.6. The lowest BCUT2D eigenvalue weighted by molar-refractivity contribution is -0.123. The van der Waals surface area contributed by atoms with Crippen molar-refractivity contribution in [3.05, 3.63) is 57.6 Å². The Kier molecular flexibility index (Phi) is 6.67. The molecule has 1 N–H and O–H groups in total. The quantitative estimate of drug-likeness (QED) is 0.726. The number of ether oxygens (including phenoxy) is 2. The largest absolute Gasteiger partial charge is 0.492 e. The van der Waals surface area contributed by atoms with Gasteiger partial charge in [0.15, 0.2) is 6.61 Å². The molecule has 2 rings (SSSR count). The van der Waals surface area contributed by atoms with Gasteiger partial charge in [-0.15, -0.1) is 0 Å². The lowest BCUT2D eigenvalue weighted by Crippen LogP contribution is -2.32. The molecule has 2 aromatic rings. The number of hydrogen-bond donors (Lipinski definition) is 1. The fourth-order valence-corrected chi connectivity index (χ4v) is 2.32. The molecule has 0 bridgehead atoms. The first-order chi connectivity index (χ1) is 11.5. The van der Waals surface area contributed by atoms with Crippen LogP contribution in [0.5, 0.6) is 11.5 Å². The maximum atomic E-state index is 11.8. The van der Waals surface area contributed by atoms with E-state index in [9.17, 15) is 4.79 Å². The van der Waals surface area contributed by atoms with Crippen LogP contribution in [0, 0.1) is 20.8 Å². The lowest BCUT2D eigenvalue weighted by Gasteiger charge is -2.10. The molecule has 2 aromatic carbocycles. The van der Waals surface area contributed by atoms with Crippen molar-refractivity contribution in [2.75, 3.05) is 19.8 Å². The van der Waals surface area contributed by atoms with E-state index in [0.717, 1.165) is 15.8 Å². The fraction of sp³-hybridized carbons (Fsp3) is 0.316. The first-order valence-corrected chi connectivity index (χ1v) is 8.60. The van der Waals surface area contributed by atoms with Gasteiger partial charge in [-0.1, -0.05) is 22.0 Å². The molecule has 0 spiro atoms. The number of benzene rings is 2. The maximum absolute atomic E-state index is 11.8. The summed E-state index contributed by atoms with van der Waals surface area (Å²) in [7, 11) is 0. The molecule has 1 amide bonds. The van der Waals surface area contributed by atoms with Crippen molar-refractivity contribution < 1.29 is 14.3 Å². The topological polar surface area (TPSA) is 47.6 Å². The molecule has 0 saturated heterocycles. The Bertz CT molecular complexity index is 716. The van der Waals surface area contributed by atoms with Gasteiger partial charge < -0.3 is 14.8 Å². The minimum absolute atomic E-state index is 0.00921. The van der Waals surface area contributed by atoms with Crippen LogP contribution in [0.3, 0.4) is 0 Å². The molecular formula is C19H22BrNO3. The summed E-state index contributed by atoms with van der Waals surface area (Å²) in [5.74, 6) is 1.32. The van der Waals surface area contributed by atoms with E-state index in [1.54, 1.807) is 0 Å². The molecule has 0 aromatic heterocycles. The third kappa shape index (κ3) is 5.57. The standard InChI is InChI=1S/C19H22BrNO3/c1-13-4-5-16(10-14(13)2)23-9-8-21-19(22)12-24-17-6-7-18(20)15(3)11-17/h4-7,10-11H,8-9,12H2,1-3H3,(H,21,22). The van der Waals surface area contributed by atoms with E-state index in [0.29, 0.717) is 18.9 Å². The van der Waals surface area contributed by atoms with Crippen LogP contribution in [0.15, 0.2) is 40.9 Å². The van der Waals surface area contributed by atoms with E-state index < -0.39 is 0 Å². The highest BCUT2D eigenvalue weighted by atomic mass is 79.9. The first kappa shape index (κ1) is 18.3. The van der Waals surface area contributed by atoms with E-state index in [4.69, 9.17) is 9.47 Å². The molecule has 4 nitrogen and oxygen atoms in total. The molecular weight excluding hydrogens is 370 g/mol. The second kappa shape index (κ2) is 8.73. The monoisotopic (exact) mass is 391 g/mol. The Morgan fingerprint density at radius 3 is 2.33 bits per heavy atom. The van der Waals surface area contributed by atoms with E-state index in [-0.39, 0.29) is 12.5 Å². The van der Waals surface area contributed by atoms with Gasteiger partial charge >= 0.3 is 0 Å².